The maximum Gasteiger partial charge on any atom is 0.240 e. The van der Waals surface area contributed by atoms with Crippen molar-refractivity contribution in [1.82, 2.24) is 24.6 Å². The molecular weight excluding hydrogens is 373 g/mol. The first-order valence-electron chi connectivity index (χ1n) is 7.45. The van der Waals surface area contributed by atoms with E-state index < -0.39 is 15.8 Å². The Kier molecular flexibility index (Phi) is 5.02. The van der Waals surface area contributed by atoms with Crippen LogP contribution in [0.5, 0.6) is 0 Å². The molecule has 1 aliphatic heterocycles. The molecule has 0 unspecified atom stereocenters. The monoisotopic (exact) mass is 387 g/mol. The Morgan fingerprint density at radius 3 is 2.80 bits per heavy atom. The van der Waals surface area contributed by atoms with E-state index in [1.165, 1.54) is 0 Å². The fraction of sp³-hybridized carbons (Fsp3) is 0.357. The van der Waals surface area contributed by atoms with Crippen LogP contribution in [0.2, 0.25) is 5.02 Å². The molecule has 0 atom stereocenters. The number of nitrogens with one attached hydrogen (secondary N) is 1. The van der Waals surface area contributed by atoms with Gasteiger partial charge in [0.05, 0.1) is 22.2 Å². The van der Waals surface area contributed by atoms with E-state index in [9.17, 15) is 17.6 Å². The number of sulfonamides is 1. The molecule has 1 saturated heterocycles. The molecule has 1 amide bonds. The van der Waals surface area contributed by atoms with Crippen molar-refractivity contribution in [2.75, 3.05) is 19.6 Å². The summed E-state index contributed by atoms with van der Waals surface area (Å²) in [5.74, 6) is -0.855. The maximum atomic E-state index is 13.1. The van der Waals surface area contributed by atoms with Crippen LogP contribution >= 0.6 is 11.6 Å². The summed E-state index contributed by atoms with van der Waals surface area (Å²) >= 11 is 5.59. The van der Waals surface area contributed by atoms with Crippen molar-refractivity contribution >= 4 is 27.5 Å². The number of amides is 1. The lowest BCUT2D eigenvalue weighted by atomic mass is 10.1. The van der Waals surface area contributed by atoms with Crippen molar-refractivity contribution in [3.05, 3.63) is 41.4 Å². The van der Waals surface area contributed by atoms with Crippen molar-refractivity contribution in [2.45, 2.75) is 17.4 Å². The molecule has 1 aromatic heterocycles. The van der Waals surface area contributed by atoms with Gasteiger partial charge in [0.2, 0.25) is 15.9 Å². The summed E-state index contributed by atoms with van der Waals surface area (Å²) in [7, 11) is -3.85. The quantitative estimate of drug-likeness (QED) is 0.791. The van der Waals surface area contributed by atoms with E-state index in [1.54, 1.807) is 22.0 Å². The van der Waals surface area contributed by atoms with Crippen LogP contribution in [0.4, 0.5) is 4.39 Å². The van der Waals surface area contributed by atoms with Crippen molar-refractivity contribution < 1.29 is 17.6 Å². The van der Waals surface area contributed by atoms with Gasteiger partial charge in [0, 0.05) is 32.3 Å². The lowest BCUT2D eigenvalue weighted by molar-refractivity contribution is -0.137. The number of nitrogens with zero attached hydrogens (tertiary/aromatic N) is 4. The normalized spacial score (nSPS) is 15.2. The molecule has 0 spiro atoms. The number of carbonyl (C=O) groups is 1. The minimum atomic E-state index is -3.85. The van der Waals surface area contributed by atoms with E-state index in [4.69, 9.17) is 11.6 Å². The summed E-state index contributed by atoms with van der Waals surface area (Å²) in [6, 6.07) is 3.22. The number of hydrogen-bond donors (Lipinski definition) is 1. The zero-order valence-electron chi connectivity index (χ0n) is 13.0. The van der Waals surface area contributed by atoms with Crippen LogP contribution in [0.15, 0.2) is 35.5 Å². The molecule has 1 aliphatic rings. The lowest BCUT2D eigenvalue weighted by Gasteiger charge is -2.38. The van der Waals surface area contributed by atoms with Crippen molar-refractivity contribution in [3.8, 4) is 0 Å². The number of likely N-dealkylation sites (tertiary alicyclic amines) is 1. The van der Waals surface area contributed by atoms with Crippen LogP contribution < -0.4 is 4.72 Å². The molecule has 1 N–H and O–H groups in total. The predicted molar refractivity (Wildman–Crippen MR) is 86.9 cm³/mol. The molecule has 25 heavy (non-hydrogen) atoms. The van der Waals surface area contributed by atoms with Gasteiger partial charge in [-0.05, 0) is 18.2 Å². The first-order valence-corrected chi connectivity index (χ1v) is 9.31. The van der Waals surface area contributed by atoms with Crippen LogP contribution in [-0.2, 0) is 14.8 Å². The minimum absolute atomic E-state index is 0.0260. The molecule has 8 nitrogen and oxygen atoms in total. The average molecular weight is 388 g/mol. The van der Waals surface area contributed by atoms with Gasteiger partial charge < -0.3 is 4.90 Å². The summed E-state index contributed by atoms with van der Waals surface area (Å²) in [6.07, 6.45) is 3.33. The topological polar surface area (TPSA) is 97.2 Å². The summed E-state index contributed by atoms with van der Waals surface area (Å²) < 4.78 is 41.3. The Hall–Kier alpha value is -2.04. The second-order valence-electron chi connectivity index (χ2n) is 5.56. The van der Waals surface area contributed by atoms with Gasteiger partial charge in [0.25, 0.3) is 0 Å². The van der Waals surface area contributed by atoms with Gasteiger partial charge in [-0.1, -0.05) is 16.8 Å². The molecule has 0 bridgehead atoms. The summed E-state index contributed by atoms with van der Waals surface area (Å²) in [5.41, 5.74) is 0. The van der Waals surface area contributed by atoms with Crippen molar-refractivity contribution in [3.63, 3.8) is 0 Å². The van der Waals surface area contributed by atoms with Crippen LogP contribution in [0.25, 0.3) is 0 Å². The number of hydrogen-bond acceptors (Lipinski definition) is 5. The van der Waals surface area contributed by atoms with Crippen LogP contribution in [-0.4, -0.2) is 53.9 Å². The third-order valence-electron chi connectivity index (χ3n) is 3.86. The number of aromatic nitrogens is 3. The van der Waals surface area contributed by atoms with Gasteiger partial charge in [0.15, 0.2) is 0 Å². The SMILES string of the molecule is O=C(CCNS(=O)(=O)c1ccc(F)c(Cl)c1)N1CC(n2ccnn2)C1. The minimum Gasteiger partial charge on any atom is -0.338 e. The number of benzene rings is 1. The molecule has 1 aromatic carbocycles. The molecule has 2 aromatic rings. The van der Waals surface area contributed by atoms with E-state index in [0.717, 1.165) is 18.2 Å². The third-order valence-corrected chi connectivity index (χ3v) is 5.61. The van der Waals surface area contributed by atoms with E-state index >= 15 is 0 Å². The zero-order valence-corrected chi connectivity index (χ0v) is 14.5. The largest absolute Gasteiger partial charge is 0.338 e. The van der Waals surface area contributed by atoms with E-state index in [-0.39, 0.29) is 34.8 Å². The zero-order chi connectivity index (χ0) is 18.0. The van der Waals surface area contributed by atoms with Crippen molar-refractivity contribution in [1.29, 1.82) is 0 Å². The Morgan fingerprint density at radius 1 is 1.40 bits per heavy atom. The molecule has 0 radical (unpaired) electrons. The van der Waals surface area contributed by atoms with Crippen LogP contribution in [0.3, 0.4) is 0 Å². The Morgan fingerprint density at radius 2 is 2.16 bits per heavy atom. The van der Waals surface area contributed by atoms with Gasteiger partial charge in [-0.25, -0.2) is 22.2 Å². The Labute approximate surface area is 148 Å². The molecule has 11 heteroatoms. The van der Waals surface area contributed by atoms with Gasteiger partial charge in [-0.2, -0.15) is 0 Å². The Balaban J connectivity index is 1.47. The van der Waals surface area contributed by atoms with E-state index in [0.29, 0.717) is 13.1 Å². The van der Waals surface area contributed by atoms with Gasteiger partial charge in [-0.3, -0.25) is 4.79 Å². The highest BCUT2D eigenvalue weighted by Gasteiger charge is 2.32. The first-order chi connectivity index (χ1) is 11.9. The third kappa shape index (κ3) is 3.97. The Bertz CT molecular complexity index is 869. The van der Waals surface area contributed by atoms with Gasteiger partial charge >= 0.3 is 0 Å². The second kappa shape index (κ2) is 7.06. The molecule has 134 valence electrons. The summed E-state index contributed by atoms with van der Waals surface area (Å²) in [5, 5.41) is 7.31. The number of carbonyl (C=O) groups excluding carboxylic acids is 1. The average Bonchev–Trinajstić information content (AvgIpc) is 3.02. The smallest absolute Gasteiger partial charge is 0.240 e. The van der Waals surface area contributed by atoms with E-state index in [1.807, 2.05) is 0 Å². The lowest BCUT2D eigenvalue weighted by Crippen LogP contribution is -2.51. The number of halogens is 2. The molecule has 1 fully saturated rings. The fourth-order valence-corrected chi connectivity index (χ4v) is 3.72. The standard InChI is InChI=1S/C14H15ClFN5O3S/c15-12-7-11(1-2-13(12)16)25(23,24)18-4-3-14(22)20-8-10(9-20)21-6-5-17-19-21/h1-2,5-7,10,18H,3-4,8-9H2. The van der Waals surface area contributed by atoms with Gasteiger partial charge in [0.1, 0.15) is 5.82 Å². The van der Waals surface area contributed by atoms with Crippen LogP contribution in [0.1, 0.15) is 12.5 Å². The molecule has 0 aliphatic carbocycles. The fourth-order valence-electron chi connectivity index (χ4n) is 2.42. The van der Waals surface area contributed by atoms with Crippen LogP contribution in [0, 0.1) is 5.82 Å². The number of rotatable bonds is 6. The highest BCUT2D eigenvalue weighted by Crippen LogP contribution is 2.21. The highest BCUT2D eigenvalue weighted by atomic mass is 35.5. The molecule has 2 heterocycles. The molecule has 3 rings (SSSR count). The first kappa shape index (κ1) is 17.8. The van der Waals surface area contributed by atoms with Gasteiger partial charge in [-0.15, -0.1) is 5.10 Å². The molecular formula is C14H15ClFN5O3S. The summed E-state index contributed by atoms with van der Waals surface area (Å²) in [4.78, 5) is 13.5. The second-order valence-corrected chi connectivity index (χ2v) is 7.73. The van der Waals surface area contributed by atoms with E-state index in [2.05, 4.69) is 15.0 Å². The summed E-state index contributed by atoms with van der Waals surface area (Å²) in [6.45, 7) is 0.978. The maximum absolute atomic E-state index is 13.1. The highest BCUT2D eigenvalue weighted by molar-refractivity contribution is 7.89. The molecule has 0 saturated carbocycles. The van der Waals surface area contributed by atoms with Crippen molar-refractivity contribution in [2.24, 2.45) is 0 Å². The predicted octanol–water partition coefficient (Wildman–Crippen LogP) is 0.822.